The van der Waals surface area contributed by atoms with E-state index in [1.165, 1.54) is 5.56 Å². The minimum Gasteiger partial charge on any atom is -0.496 e. The molecular weight excluding hydrogens is 414 g/mol. The second kappa shape index (κ2) is 8.72. The lowest BCUT2D eigenvalue weighted by molar-refractivity contribution is 0.313. The molecule has 2 aliphatic heterocycles. The third-order valence-electron chi connectivity index (χ3n) is 6.32. The van der Waals surface area contributed by atoms with Gasteiger partial charge in [-0.1, -0.05) is 0 Å². The molecule has 1 aromatic heterocycles. The fourth-order valence-electron chi connectivity index (χ4n) is 4.52. The summed E-state index contributed by atoms with van der Waals surface area (Å²) < 4.78 is 33.6. The number of hydrogen-bond donors (Lipinski definition) is 2. The molecule has 0 aliphatic carbocycles. The molecule has 2 aromatic rings. The molecule has 0 spiro atoms. The minimum atomic E-state index is -3.56. The first-order chi connectivity index (χ1) is 14.8. The van der Waals surface area contributed by atoms with E-state index in [1.54, 1.807) is 23.5 Å². The van der Waals surface area contributed by atoms with Crippen LogP contribution in [0.4, 0.5) is 5.82 Å². The van der Waals surface area contributed by atoms with Crippen LogP contribution in [-0.4, -0.2) is 56.5 Å². The Morgan fingerprint density at radius 1 is 1.16 bits per heavy atom. The molecule has 31 heavy (non-hydrogen) atoms. The number of hydrogen-bond acceptors (Lipinski definition) is 7. The van der Waals surface area contributed by atoms with E-state index in [4.69, 9.17) is 14.7 Å². The highest BCUT2D eigenvalue weighted by molar-refractivity contribution is 7.89. The van der Waals surface area contributed by atoms with Crippen molar-refractivity contribution in [1.82, 2.24) is 19.6 Å². The maximum atomic E-state index is 13.3. The van der Waals surface area contributed by atoms with Crippen LogP contribution in [0.3, 0.4) is 0 Å². The smallest absolute Gasteiger partial charge is 0.243 e. The van der Waals surface area contributed by atoms with Crippen molar-refractivity contribution in [3.05, 3.63) is 40.3 Å². The van der Waals surface area contributed by atoms with Gasteiger partial charge in [-0.2, -0.15) is 4.31 Å². The molecule has 2 aliphatic rings. The SMILES string of the molecule is CNc1nc(C2CCN(S(=O)(=O)c3cc(C)c(OC)cc3C)CC2)nc2c1CCNC2. The lowest BCUT2D eigenvalue weighted by Gasteiger charge is -2.31. The average Bonchev–Trinajstić information content (AvgIpc) is 2.79. The first kappa shape index (κ1) is 22.0. The van der Waals surface area contributed by atoms with E-state index < -0.39 is 10.0 Å². The van der Waals surface area contributed by atoms with Crippen molar-refractivity contribution in [2.75, 3.05) is 39.1 Å². The molecule has 1 saturated heterocycles. The van der Waals surface area contributed by atoms with Gasteiger partial charge in [0.25, 0.3) is 0 Å². The molecule has 1 aromatic carbocycles. The van der Waals surface area contributed by atoms with Crippen LogP contribution in [0, 0.1) is 13.8 Å². The lowest BCUT2D eigenvalue weighted by Crippen LogP contribution is -2.38. The topological polar surface area (TPSA) is 96.5 Å². The second-order valence-electron chi connectivity index (χ2n) is 8.30. The zero-order valence-corrected chi connectivity index (χ0v) is 19.5. The summed E-state index contributed by atoms with van der Waals surface area (Å²) in [6, 6.07) is 3.51. The molecular formula is C22H31N5O3S. The van der Waals surface area contributed by atoms with Crippen LogP contribution in [-0.2, 0) is 23.0 Å². The molecule has 168 valence electrons. The minimum absolute atomic E-state index is 0.157. The third kappa shape index (κ3) is 4.14. The quantitative estimate of drug-likeness (QED) is 0.729. The van der Waals surface area contributed by atoms with Gasteiger partial charge >= 0.3 is 0 Å². The number of anilines is 1. The normalized spacial score (nSPS) is 17.9. The van der Waals surface area contributed by atoms with E-state index in [2.05, 4.69) is 10.6 Å². The number of nitrogens with one attached hydrogen (secondary N) is 2. The molecule has 0 bridgehead atoms. The van der Waals surface area contributed by atoms with Crippen LogP contribution in [0.25, 0.3) is 0 Å². The Kier molecular flexibility index (Phi) is 6.18. The molecule has 3 heterocycles. The highest BCUT2D eigenvalue weighted by atomic mass is 32.2. The maximum absolute atomic E-state index is 13.3. The number of sulfonamides is 1. The first-order valence-electron chi connectivity index (χ1n) is 10.8. The van der Waals surface area contributed by atoms with Gasteiger partial charge in [-0.15, -0.1) is 0 Å². The van der Waals surface area contributed by atoms with Gasteiger partial charge < -0.3 is 15.4 Å². The second-order valence-corrected chi connectivity index (χ2v) is 10.2. The maximum Gasteiger partial charge on any atom is 0.243 e. The van der Waals surface area contributed by atoms with E-state index in [1.807, 2.05) is 20.9 Å². The van der Waals surface area contributed by atoms with Gasteiger partial charge in [0.05, 0.1) is 17.7 Å². The zero-order valence-electron chi connectivity index (χ0n) is 18.7. The first-order valence-corrected chi connectivity index (χ1v) is 12.2. The fourth-order valence-corrected chi connectivity index (χ4v) is 6.28. The van der Waals surface area contributed by atoms with E-state index >= 15 is 0 Å². The molecule has 9 heteroatoms. The fraction of sp³-hybridized carbons (Fsp3) is 0.545. The Labute approximate surface area is 184 Å². The molecule has 1 fully saturated rings. The largest absolute Gasteiger partial charge is 0.496 e. The van der Waals surface area contributed by atoms with Crippen LogP contribution in [0.15, 0.2) is 17.0 Å². The number of nitrogens with zero attached hydrogens (tertiary/aromatic N) is 3. The number of rotatable bonds is 5. The predicted octanol–water partition coefficient (Wildman–Crippen LogP) is 2.36. The summed E-state index contributed by atoms with van der Waals surface area (Å²) in [5.74, 6) is 2.58. The molecule has 0 radical (unpaired) electrons. The summed E-state index contributed by atoms with van der Waals surface area (Å²) in [6.07, 6.45) is 2.34. The summed E-state index contributed by atoms with van der Waals surface area (Å²) in [6.45, 7) is 6.30. The van der Waals surface area contributed by atoms with Gasteiger partial charge in [-0.25, -0.2) is 18.4 Å². The number of ether oxygens (including phenoxy) is 1. The average molecular weight is 446 g/mol. The van der Waals surface area contributed by atoms with Crippen molar-refractivity contribution in [3.8, 4) is 5.75 Å². The third-order valence-corrected chi connectivity index (χ3v) is 8.36. The van der Waals surface area contributed by atoms with Gasteiger partial charge in [0.1, 0.15) is 17.4 Å². The van der Waals surface area contributed by atoms with Gasteiger partial charge in [-0.05, 0) is 62.9 Å². The number of methoxy groups -OCH3 is 1. The Morgan fingerprint density at radius 3 is 2.58 bits per heavy atom. The predicted molar refractivity (Wildman–Crippen MR) is 120 cm³/mol. The number of benzene rings is 1. The van der Waals surface area contributed by atoms with Gasteiger partial charge in [0, 0.05) is 38.2 Å². The molecule has 0 amide bonds. The Hall–Kier alpha value is -2.23. The molecule has 0 atom stereocenters. The molecule has 0 saturated carbocycles. The number of aryl methyl sites for hydroxylation is 2. The Bertz CT molecular complexity index is 1060. The summed E-state index contributed by atoms with van der Waals surface area (Å²) in [5.41, 5.74) is 3.77. The van der Waals surface area contributed by atoms with E-state index in [0.717, 1.165) is 42.4 Å². The highest BCUT2D eigenvalue weighted by Crippen LogP contribution is 2.33. The van der Waals surface area contributed by atoms with Crippen molar-refractivity contribution in [3.63, 3.8) is 0 Å². The van der Waals surface area contributed by atoms with Crippen LogP contribution >= 0.6 is 0 Å². The van der Waals surface area contributed by atoms with Crippen LogP contribution < -0.4 is 15.4 Å². The van der Waals surface area contributed by atoms with Gasteiger partial charge in [0.15, 0.2) is 0 Å². The van der Waals surface area contributed by atoms with Gasteiger partial charge in [-0.3, -0.25) is 0 Å². The van der Waals surface area contributed by atoms with Crippen LogP contribution in [0.5, 0.6) is 5.75 Å². The van der Waals surface area contributed by atoms with Crippen molar-refractivity contribution in [1.29, 1.82) is 0 Å². The molecule has 2 N–H and O–H groups in total. The summed E-state index contributed by atoms with van der Waals surface area (Å²) in [7, 11) is -0.0705. The van der Waals surface area contributed by atoms with Crippen molar-refractivity contribution < 1.29 is 13.2 Å². The highest BCUT2D eigenvalue weighted by Gasteiger charge is 2.33. The van der Waals surface area contributed by atoms with Crippen molar-refractivity contribution in [2.45, 2.75) is 50.5 Å². The standard InChI is InChI=1S/C22H31N5O3S/c1-14-12-20(15(2)11-19(14)30-4)31(28,29)27-9-6-16(7-10-27)21-25-18-13-24-8-5-17(18)22(23-3)26-21/h11-12,16,24H,5-10,13H2,1-4H3,(H,23,25,26). The van der Waals surface area contributed by atoms with E-state index in [9.17, 15) is 8.42 Å². The van der Waals surface area contributed by atoms with Crippen molar-refractivity contribution >= 4 is 15.8 Å². The summed E-state index contributed by atoms with van der Waals surface area (Å²) >= 11 is 0. The summed E-state index contributed by atoms with van der Waals surface area (Å²) in [4.78, 5) is 9.99. The number of piperidine rings is 1. The van der Waals surface area contributed by atoms with E-state index in [0.29, 0.717) is 42.1 Å². The number of fused-ring (bicyclic) bond motifs is 1. The Morgan fingerprint density at radius 2 is 1.90 bits per heavy atom. The monoisotopic (exact) mass is 445 g/mol. The van der Waals surface area contributed by atoms with Gasteiger partial charge in [0.2, 0.25) is 10.0 Å². The van der Waals surface area contributed by atoms with Crippen molar-refractivity contribution in [2.24, 2.45) is 0 Å². The number of aromatic nitrogens is 2. The Balaban J connectivity index is 1.53. The zero-order chi connectivity index (χ0) is 22.2. The molecule has 8 nitrogen and oxygen atoms in total. The van der Waals surface area contributed by atoms with Crippen LogP contribution in [0.2, 0.25) is 0 Å². The molecule has 4 rings (SSSR count). The van der Waals surface area contributed by atoms with E-state index in [-0.39, 0.29) is 5.92 Å². The lowest BCUT2D eigenvalue weighted by atomic mass is 9.96. The molecule has 0 unspecified atom stereocenters. The van der Waals surface area contributed by atoms with Crippen LogP contribution in [0.1, 0.15) is 47.0 Å². The summed E-state index contributed by atoms with van der Waals surface area (Å²) in [5, 5.41) is 6.59.